The SMILES string of the molecule is CCCC(NC(=O)C(C)NC(C)=O)C(=O)O. The molecule has 0 aromatic rings. The number of rotatable bonds is 6. The number of hydrogen-bond acceptors (Lipinski definition) is 3. The molecule has 0 heterocycles. The summed E-state index contributed by atoms with van der Waals surface area (Å²) in [5.41, 5.74) is 0. The zero-order valence-corrected chi connectivity index (χ0v) is 9.74. The number of hydrogen-bond donors (Lipinski definition) is 3. The lowest BCUT2D eigenvalue weighted by molar-refractivity contribution is -0.142. The van der Waals surface area contributed by atoms with Crippen LogP contribution in [0.5, 0.6) is 0 Å². The summed E-state index contributed by atoms with van der Waals surface area (Å²) in [7, 11) is 0. The second kappa shape index (κ2) is 6.81. The van der Waals surface area contributed by atoms with E-state index in [4.69, 9.17) is 5.11 Å². The van der Waals surface area contributed by atoms with E-state index in [-0.39, 0.29) is 5.91 Å². The Balaban J connectivity index is 4.28. The summed E-state index contributed by atoms with van der Waals surface area (Å²) in [4.78, 5) is 32.9. The fraction of sp³-hybridized carbons (Fsp3) is 0.700. The zero-order chi connectivity index (χ0) is 12.7. The molecular formula is C10H18N2O4. The normalized spacial score (nSPS) is 13.7. The third-order valence-corrected chi connectivity index (χ3v) is 2.00. The first kappa shape index (κ1) is 14.4. The number of carbonyl (C=O) groups excluding carboxylic acids is 2. The molecule has 16 heavy (non-hydrogen) atoms. The second-order valence-corrected chi connectivity index (χ2v) is 3.61. The third kappa shape index (κ3) is 5.33. The summed E-state index contributed by atoms with van der Waals surface area (Å²) in [6.45, 7) is 4.63. The highest BCUT2D eigenvalue weighted by Gasteiger charge is 2.22. The van der Waals surface area contributed by atoms with Crippen LogP contribution in [-0.4, -0.2) is 35.0 Å². The standard InChI is InChI=1S/C10H18N2O4/c1-4-5-8(10(15)16)12-9(14)6(2)11-7(3)13/h6,8H,4-5H2,1-3H3,(H,11,13)(H,12,14)(H,15,16). The average Bonchev–Trinajstić information content (AvgIpc) is 2.15. The maximum absolute atomic E-state index is 11.5. The Labute approximate surface area is 94.4 Å². The van der Waals surface area contributed by atoms with Gasteiger partial charge in [0.05, 0.1) is 0 Å². The maximum atomic E-state index is 11.5. The topological polar surface area (TPSA) is 95.5 Å². The van der Waals surface area contributed by atoms with Crippen LogP contribution in [0.1, 0.15) is 33.6 Å². The van der Waals surface area contributed by atoms with Gasteiger partial charge in [-0.1, -0.05) is 13.3 Å². The minimum atomic E-state index is -1.06. The van der Waals surface area contributed by atoms with Crippen molar-refractivity contribution >= 4 is 17.8 Å². The van der Waals surface area contributed by atoms with Crippen molar-refractivity contribution in [3.8, 4) is 0 Å². The summed E-state index contributed by atoms with van der Waals surface area (Å²) in [5.74, 6) is -1.88. The Morgan fingerprint density at radius 1 is 1.25 bits per heavy atom. The second-order valence-electron chi connectivity index (χ2n) is 3.61. The van der Waals surface area contributed by atoms with Crippen molar-refractivity contribution in [2.75, 3.05) is 0 Å². The van der Waals surface area contributed by atoms with Gasteiger partial charge < -0.3 is 15.7 Å². The first-order chi connectivity index (χ1) is 7.38. The van der Waals surface area contributed by atoms with E-state index in [0.29, 0.717) is 12.8 Å². The lowest BCUT2D eigenvalue weighted by Crippen LogP contribution is -2.49. The molecule has 0 aliphatic carbocycles. The number of carboxylic acid groups (broad SMARTS) is 1. The van der Waals surface area contributed by atoms with Gasteiger partial charge in [0.1, 0.15) is 12.1 Å². The molecule has 3 N–H and O–H groups in total. The van der Waals surface area contributed by atoms with Crippen molar-refractivity contribution < 1.29 is 19.5 Å². The summed E-state index contributed by atoms with van der Waals surface area (Å²) in [5, 5.41) is 13.6. The predicted molar refractivity (Wildman–Crippen MR) is 57.8 cm³/mol. The molecule has 0 saturated heterocycles. The highest BCUT2D eigenvalue weighted by Crippen LogP contribution is 1.97. The van der Waals surface area contributed by atoms with Crippen LogP contribution >= 0.6 is 0 Å². The molecule has 2 amide bonds. The molecule has 0 saturated carbocycles. The highest BCUT2D eigenvalue weighted by molar-refractivity contribution is 5.89. The van der Waals surface area contributed by atoms with E-state index < -0.39 is 24.0 Å². The van der Waals surface area contributed by atoms with E-state index in [2.05, 4.69) is 10.6 Å². The summed E-state index contributed by atoms with van der Waals surface area (Å²) < 4.78 is 0. The molecule has 0 fully saturated rings. The first-order valence-corrected chi connectivity index (χ1v) is 5.18. The minimum absolute atomic E-state index is 0.329. The van der Waals surface area contributed by atoms with Crippen LogP contribution in [0.3, 0.4) is 0 Å². The highest BCUT2D eigenvalue weighted by atomic mass is 16.4. The average molecular weight is 230 g/mol. The van der Waals surface area contributed by atoms with Crippen LogP contribution in [0.15, 0.2) is 0 Å². The maximum Gasteiger partial charge on any atom is 0.326 e. The molecule has 92 valence electrons. The number of aliphatic carboxylic acids is 1. The Bertz CT molecular complexity index is 278. The molecule has 0 aromatic carbocycles. The largest absolute Gasteiger partial charge is 0.480 e. The van der Waals surface area contributed by atoms with Crippen LogP contribution in [-0.2, 0) is 14.4 Å². The Kier molecular flexibility index (Phi) is 6.14. The van der Waals surface area contributed by atoms with E-state index in [9.17, 15) is 14.4 Å². The molecule has 6 heteroatoms. The summed E-state index contributed by atoms with van der Waals surface area (Å²) in [6, 6.07) is -1.62. The van der Waals surface area contributed by atoms with Gasteiger partial charge in [0.15, 0.2) is 0 Å². The summed E-state index contributed by atoms with van der Waals surface area (Å²) >= 11 is 0. The van der Waals surface area contributed by atoms with E-state index >= 15 is 0 Å². The van der Waals surface area contributed by atoms with Crippen molar-refractivity contribution in [2.24, 2.45) is 0 Å². The van der Waals surface area contributed by atoms with Crippen LogP contribution in [0.2, 0.25) is 0 Å². The molecule has 0 bridgehead atoms. The number of amides is 2. The van der Waals surface area contributed by atoms with Crippen molar-refractivity contribution in [2.45, 2.75) is 45.7 Å². The van der Waals surface area contributed by atoms with Crippen LogP contribution in [0.25, 0.3) is 0 Å². The van der Waals surface area contributed by atoms with Gasteiger partial charge in [-0.3, -0.25) is 9.59 Å². The van der Waals surface area contributed by atoms with Gasteiger partial charge in [-0.05, 0) is 13.3 Å². The Morgan fingerprint density at radius 3 is 2.19 bits per heavy atom. The van der Waals surface area contributed by atoms with Crippen LogP contribution < -0.4 is 10.6 Å². The molecule has 2 atom stereocenters. The Hall–Kier alpha value is -1.59. The van der Waals surface area contributed by atoms with Crippen LogP contribution in [0.4, 0.5) is 0 Å². The predicted octanol–water partition coefficient (Wildman–Crippen LogP) is -0.119. The molecule has 2 unspecified atom stereocenters. The lowest BCUT2D eigenvalue weighted by Gasteiger charge is -2.17. The molecule has 0 aliphatic rings. The smallest absolute Gasteiger partial charge is 0.326 e. The summed E-state index contributed by atoms with van der Waals surface area (Å²) in [6.07, 6.45) is 1.03. The van der Waals surface area contributed by atoms with Crippen molar-refractivity contribution in [3.05, 3.63) is 0 Å². The number of carboxylic acids is 1. The molecule has 0 spiro atoms. The fourth-order valence-corrected chi connectivity index (χ4v) is 1.21. The minimum Gasteiger partial charge on any atom is -0.480 e. The molecule has 6 nitrogen and oxygen atoms in total. The van der Waals surface area contributed by atoms with Gasteiger partial charge in [-0.2, -0.15) is 0 Å². The quantitative estimate of drug-likeness (QED) is 0.592. The van der Waals surface area contributed by atoms with Gasteiger partial charge in [0, 0.05) is 6.92 Å². The monoisotopic (exact) mass is 230 g/mol. The Morgan fingerprint density at radius 2 is 1.81 bits per heavy atom. The zero-order valence-electron chi connectivity index (χ0n) is 9.74. The molecule has 0 radical (unpaired) electrons. The molecule has 0 aliphatic heterocycles. The van der Waals surface area contributed by atoms with Crippen molar-refractivity contribution in [1.29, 1.82) is 0 Å². The molecular weight excluding hydrogens is 212 g/mol. The number of nitrogens with one attached hydrogen (secondary N) is 2. The van der Waals surface area contributed by atoms with Crippen molar-refractivity contribution in [1.82, 2.24) is 10.6 Å². The fourth-order valence-electron chi connectivity index (χ4n) is 1.21. The van der Waals surface area contributed by atoms with Gasteiger partial charge in [0.2, 0.25) is 11.8 Å². The van der Waals surface area contributed by atoms with Gasteiger partial charge in [-0.15, -0.1) is 0 Å². The van der Waals surface area contributed by atoms with E-state index in [1.54, 1.807) is 0 Å². The molecule has 0 aromatic heterocycles. The van der Waals surface area contributed by atoms with Gasteiger partial charge in [0.25, 0.3) is 0 Å². The van der Waals surface area contributed by atoms with Crippen LogP contribution in [0, 0.1) is 0 Å². The first-order valence-electron chi connectivity index (χ1n) is 5.18. The van der Waals surface area contributed by atoms with Crippen molar-refractivity contribution in [3.63, 3.8) is 0 Å². The van der Waals surface area contributed by atoms with Gasteiger partial charge in [-0.25, -0.2) is 4.79 Å². The van der Waals surface area contributed by atoms with E-state index in [1.807, 2.05) is 6.92 Å². The molecule has 0 rings (SSSR count). The third-order valence-electron chi connectivity index (χ3n) is 2.00. The van der Waals surface area contributed by atoms with E-state index in [1.165, 1.54) is 13.8 Å². The van der Waals surface area contributed by atoms with E-state index in [0.717, 1.165) is 0 Å². The lowest BCUT2D eigenvalue weighted by atomic mass is 10.1. The number of carbonyl (C=O) groups is 3. The van der Waals surface area contributed by atoms with Gasteiger partial charge >= 0.3 is 5.97 Å².